The summed E-state index contributed by atoms with van der Waals surface area (Å²) in [4.78, 5) is 12.1. The predicted octanol–water partition coefficient (Wildman–Crippen LogP) is -2.81. The van der Waals surface area contributed by atoms with Gasteiger partial charge in [0, 0.05) is 0 Å². The average Bonchev–Trinajstić information content (AvgIpc) is 2.14. The standard InChI is InChI=1S/C6H10NO2.K/c1-7-3-2-5(4-7)6(8)9;/h5H,1-4H2,(H,8,9);/q-1;+1. The van der Waals surface area contributed by atoms with Crippen LogP contribution in [0.15, 0.2) is 0 Å². The minimum atomic E-state index is -0.693. The Morgan fingerprint density at radius 1 is 1.70 bits per heavy atom. The molecule has 1 heterocycles. The van der Waals surface area contributed by atoms with Crippen LogP contribution in [0.2, 0.25) is 0 Å². The van der Waals surface area contributed by atoms with Crippen LogP contribution < -0.4 is 51.4 Å². The van der Waals surface area contributed by atoms with E-state index in [2.05, 4.69) is 7.05 Å². The Hall–Kier alpha value is 1.07. The zero-order valence-electron chi connectivity index (χ0n) is 6.21. The Morgan fingerprint density at radius 2 is 2.30 bits per heavy atom. The maximum atomic E-state index is 10.3. The summed E-state index contributed by atoms with van der Waals surface area (Å²) in [6.45, 7) is 1.42. The van der Waals surface area contributed by atoms with Gasteiger partial charge in [0.2, 0.25) is 0 Å². The van der Waals surface area contributed by atoms with E-state index in [4.69, 9.17) is 5.11 Å². The van der Waals surface area contributed by atoms with Crippen molar-refractivity contribution in [3.05, 3.63) is 7.05 Å². The summed E-state index contributed by atoms with van der Waals surface area (Å²) in [6.07, 6.45) is 0.749. The third kappa shape index (κ3) is 2.98. The number of aliphatic carboxylic acids is 1. The van der Waals surface area contributed by atoms with Crippen molar-refractivity contribution < 1.29 is 61.3 Å². The summed E-state index contributed by atoms with van der Waals surface area (Å²) in [5.41, 5.74) is 0. The topological polar surface area (TPSA) is 40.5 Å². The first kappa shape index (κ1) is 11.1. The minimum Gasteiger partial charge on any atom is -0.481 e. The van der Waals surface area contributed by atoms with Crippen LogP contribution in [0.5, 0.6) is 0 Å². The fraction of sp³-hybridized carbons (Fsp3) is 0.667. The van der Waals surface area contributed by atoms with E-state index in [1.807, 2.05) is 0 Å². The van der Waals surface area contributed by atoms with Gasteiger partial charge in [0.25, 0.3) is 0 Å². The van der Waals surface area contributed by atoms with Gasteiger partial charge in [0.1, 0.15) is 0 Å². The molecule has 1 N–H and O–H groups in total. The van der Waals surface area contributed by atoms with Gasteiger partial charge >= 0.3 is 57.4 Å². The average molecular weight is 167 g/mol. The molecule has 10 heavy (non-hydrogen) atoms. The largest absolute Gasteiger partial charge is 1.00 e. The van der Waals surface area contributed by atoms with Crippen molar-refractivity contribution in [3.63, 3.8) is 0 Å². The fourth-order valence-corrected chi connectivity index (χ4v) is 1.03. The molecule has 0 spiro atoms. The predicted molar refractivity (Wildman–Crippen MR) is 32.7 cm³/mol. The fourth-order valence-electron chi connectivity index (χ4n) is 1.03. The van der Waals surface area contributed by atoms with E-state index in [9.17, 15) is 4.79 Å². The third-order valence-corrected chi connectivity index (χ3v) is 1.62. The van der Waals surface area contributed by atoms with Crippen molar-refractivity contribution in [1.29, 1.82) is 0 Å². The number of likely N-dealkylation sites (tertiary alicyclic amines) is 1. The van der Waals surface area contributed by atoms with Gasteiger partial charge in [-0.3, -0.25) is 11.8 Å². The molecule has 3 nitrogen and oxygen atoms in total. The number of hydrogen-bond donors (Lipinski definition) is 1. The summed E-state index contributed by atoms with van der Waals surface area (Å²) in [7, 11) is 3.64. The Kier molecular flexibility index (Phi) is 5.36. The summed E-state index contributed by atoms with van der Waals surface area (Å²) >= 11 is 0. The molecular formula is C6H10KNO2. The third-order valence-electron chi connectivity index (χ3n) is 1.62. The van der Waals surface area contributed by atoms with E-state index in [0.29, 0.717) is 6.54 Å². The van der Waals surface area contributed by atoms with Crippen molar-refractivity contribution in [2.45, 2.75) is 6.42 Å². The molecule has 0 aromatic carbocycles. The molecule has 0 aliphatic carbocycles. The Labute approximate surface area is 103 Å². The molecule has 1 atom stereocenters. The van der Waals surface area contributed by atoms with Crippen LogP contribution in [-0.4, -0.2) is 29.1 Å². The SMILES string of the molecule is [CH2-]N1CCC(C(=O)O)C1.[K+]. The van der Waals surface area contributed by atoms with E-state index in [1.165, 1.54) is 0 Å². The number of hydrogen-bond acceptors (Lipinski definition) is 2. The van der Waals surface area contributed by atoms with Gasteiger partial charge in [-0.2, -0.15) is 0 Å². The summed E-state index contributed by atoms with van der Waals surface area (Å²) in [5.74, 6) is -0.872. The van der Waals surface area contributed by atoms with Crippen LogP contribution in [0.3, 0.4) is 0 Å². The van der Waals surface area contributed by atoms with E-state index < -0.39 is 5.97 Å². The molecular weight excluding hydrogens is 157 g/mol. The van der Waals surface area contributed by atoms with Crippen molar-refractivity contribution >= 4 is 5.97 Å². The molecule has 1 aliphatic rings. The minimum absolute atomic E-state index is 0. The van der Waals surface area contributed by atoms with Crippen LogP contribution in [0.4, 0.5) is 0 Å². The van der Waals surface area contributed by atoms with Gasteiger partial charge in [-0.15, -0.1) is 0 Å². The Morgan fingerprint density at radius 3 is 2.50 bits per heavy atom. The molecule has 1 saturated heterocycles. The molecule has 1 fully saturated rings. The molecule has 52 valence electrons. The molecule has 4 heteroatoms. The number of carboxylic acids is 1. The van der Waals surface area contributed by atoms with Crippen LogP contribution >= 0.6 is 0 Å². The van der Waals surface area contributed by atoms with E-state index >= 15 is 0 Å². The number of rotatable bonds is 1. The first-order chi connectivity index (χ1) is 4.20. The van der Waals surface area contributed by atoms with Crippen molar-refractivity contribution in [2.24, 2.45) is 5.92 Å². The van der Waals surface area contributed by atoms with Crippen molar-refractivity contribution in [1.82, 2.24) is 4.90 Å². The van der Waals surface area contributed by atoms with Crippen LogP contribution in [0.25, 0.3) is 0 Å². The first-order valence-corrected chi connectivity index (χ1v) is 2.98. The van der Waals surface area contributed by atoms with Gasteiger partial charge in [-0.25, -0.2) is 0 Å². The zero-order valence-corrected chi connectivity index (χ0v) is 9.33. The van der Waals surface area contributed by atoms with Gasteiger partial charge in [-0.05, 0) is 19.5 Å². The van der Waals surface area contributed by atoms with Crippen molar-refractivity contribution in [3.8, 4) is 0 Å². The Balaban J connectivity index is 0.000000810. The van der Waals surface area contributed by atoms with Gasteiger partial charge in [0.05, 0.1) is 5.92 Å². The van der Waals surface area contributed by atoms with Crippen LogP contribution in [0.1, 0.15) is 6.42 Å². The molecule has 0 radical (unpaired) electrons. The van der Waals surface area contributed by atoms with E-state index in [-0.39, 0.29) is 57.3 Å². The van der Waals surface area contributed by atoms with Gasteiger partial charge in [-0.1, -0.05) is 0 Å². The van der Waals surface area contributed by atoms with Crippen LogP contribution in [0, 0.1) is 13.0 Å². The molecule has 0 bridgehead atoms. The van der Waals surface area contributed by atoms with E-state index in [0.717, 1.165) is 13.0 Å². The Bertz CT molecular complexity index is 129. The smallest absolute Gasteiger partial charge is 0.481 e. The van der Waals surface area contributed by atoms with Crippen LogP contribution in [-0.2, 0) is 4.79 Å². The second kappa shape index (κ2) is 4.85. The maximum absolute atomic E-state index is 10.3. The van der Waals surface area contributed by atoms with Gasteiger partial charge in [0.15, 0.2) is 0 Å². The molecule has 1 unspecified atom stereocenters. The van der Waals surface area contributed by atoms with E-state index in [1.54, 1.807) is 4.90 Å². The zero-order chi connectivity index (χ0) is 6.85. The quantitative estimate of drug-likeness (QED) is 0.338. The number of nitrogens with zero attached hydrogens (tertiary/aromatic N) is 1. The number of carbonyl (C=O) groups is 1. The second-order valence-corrected chi connectivity index (χ2v) is 2.40. The molecule has 1 aliphatic heterocycles. The molecule has 0 aromatic heterocycles. The molecule has 0 saturated carbocycles. The molecule has 1 rings (SSSR count). The monoisotopic (exact) mass is 167 g/mol. The second-order valence-electron chi connectivity index (χ2n) is 2.40. The van der Waals surface area contributed by atoms with Gasteiger partial charge < -0.3 is 10.0 Å². The molecule has 0 amide bonds. The summed E-state index contributed by atoms with van der Waals surface area (Å²) in [6, 6.07) is 0. The normalized spacial score (nSPS) is 25.9. The molecule has 0 aromatic rings. The summed E-state index contributed by atoms with van der Waals surface area (Å²) in [5, 5.41) is 8.48. The first-order valence-electron chi connectivity index (χ1n) is 2.98. The summed E-state index contributed by atoms with van der Waals surface area (Å²) < 4.78 is 0. The maximum Gasteiger partial charge on any atom is 1.00 e. The van der Waals surface area contributed by atoms with Crippen molar-refractivity contribution in [2.75, 3.05) is 13.1 Å². The number of carboxylic acid groups (broad SMARTS) is 1.